The fourth-order valence-corrected chi connectivity index (χ4v) is 4.88. The topological polar surface area (TPSA) is 97.8 Å². The van der Waals surface area contributed by atoms with E-state index in [1.165, 1.54) is 63.9 Å². The van der Waals surface area contributed by atoms with Crippen LogP contribution in [0.3, 0.4) is 0 Å². The van der Waals surface area contributed by atoms with E-state index in [0.29, 0.717) is 17.2 Å². The highest BCUT2D eigenvalue weighted by atomic mass is 16.5. The van der Waals surface area contributed by atoms with Crippen LogP contribution in [0.25, 0.3) is 0 Å². The molecule has 1 saturated carbocycles. The van der Waals surface area contributed by atoms with Crippen molar-refractivity contribution < 1.29 is 24.2 Å². The van der Waals surface area contributed by atoms with Gasteiger partial charge >= 0.3 is 5.97 Å². The van der Waals surface area contributed by atoms with Crippen LogP contribution in [0, 0.1) is 0 Å². The lowest BCUT2D eigenvalue weighted by Gasteiger charge is -2.20. The standard InChI is InChI=1S/C32H38N2O5/c35-30(34-29-15-11-10-14-28(29)32(36)37)22-24-16-21-31(33-23-24)39-27-19-17-26(18-20-27)38-25-12-8-6-4-2-1-3-5-7-9-13-25/h10-11,14-21,23,25H,1-9,12-13,22H2,(H,34,35)(H,36,37). The number of rotatable bonds is 8. The third-order valence-corrected chi connectivity index (χ3v) is 6.99. The molecule has 0 radical (unpaired) electrons. The van der Waals surface area contributed by atoms with E-state index >= 15 is 0 Å². The molecule has 1 heterocycles. The molecule has 1 aromatic heterocycles. The summed E-state index contributed by atoms with van der Waals surface area (Å²) in [6, 6.07) is 17.4. The van der Waals surface area contributed by atoms with Crippen molar-refractivity contribution in [1.29, 1.82) is 0 Å². The van der Waals surface area contributed by atoms with E-state index < -0.39 is 5.97 Å². The van der Waals surface area contributed by atoms with Crippen LogP contribution in [-0.4, -0.2) is 28.1 Å². The summed E-state index contributed by atoms with van der Waals surface area (Å²) in [5, 5.41) is 11.9. The van der Waals surface area contributed by atoms with E-state index in [1.807, 2.05) is 24.3 Å². The van der Waals surface area contributed by atoms with Crippen LogP contribution >= 0.6 is 0 Å². The lowest BCUT2D eigenvalue weighted by atomic mass is 9.99. The number of para-hydroxylation sites is 1. The maximum Gasteiger partial charge on any atom is 0.337 e. The van der Waals surface area contributed by atoms with E-state index in [2.05, 4.69) is 10.3 Å². The SMILES string of the molecule is O=C(Cc1ccc(Oc2ccc(OC3CCCCCCCCCCC3)cc2)nc1)Nc1ccccc1C(=O)O. The average Bonchev–Trinajstić information content (AvgIpc) is 2.92. The number of nitrogens with one attached hydrogen (secondary N) is 1. The Hall–Kier alpha value is -3.87. The predicted octanol–water partition coefficient (Wildman–Crippen LogP) is 7.81. The van der Waals surface area contributed by atoms with Crippen molar-refractivity contribution in [2.75, 3.05) is 5.32 Å². The summed E-state index contributed by atoms with van der Waals surface area (Å²) in [4.78, 5) is 28.1. The van der Waals surface area contributed by atoms with Gasteiger partial charge in [-0.05, 0) is 67.6 Å². The first-order chi connectivity index (χ1) is 19.1. The number of ether oxygens (including phenoxy) is 2. The number of anilines is 1. The van der Waals surface area contributed by atoms with Crippen molar-refractivity contribution >= 4 is 17.6 Å². The largest absolute Gasteiger partial charge is 0.490 e. The van der Waals surface area contributed by atoms with Gasteiger partial charge in [-0.3, -0.25) is 4.79 Å². The second-order valence-electron chi connectivity index (χ2n) is 10.2. The van der Waals surface area contributed by atoms with E-state index in [1.54, 1.807) is 36.5 Å². The normalized spacial score (nSPS) is 15.4. The number of carboxylic acids is 1. The Morgan fingerprint density at radius 2 is 1.41 bits per heavy atom. The molecule has 0 bridgehead atoms. The van der Waals surface area contributed by atoms with Crippen molar-refractivity contribution in [2.24, 2.45) is 0 Å². The number of nitrogens with zero attached hydrogens (tertiary/aromatic N) is 1. The highest BCUT2D eigenvalue weighted by Crippen LogP contribution is 2.26. The molecule has 7 heteroatoms. The quantitative estimate of drug-likeness (QED) is 0.308. The number of carbonyl (C=O) groups is 2. The molecule has 1 amide bonds. The summed E-state index contributed by atoms with van der Waals surface area (Å²) in [6.45, 7) is 0. The summed E-state index contributed by atoms with van der Waals surface area (Å²) >= 11 is 0. The summed E-state index contributed by atoms with van der Waals surface area (Å²) in [6.07, 6.45) is 16.0. The van der Waals surface area contributed by atoms with E-state index in [9.17, 15) is 14.7 Å². The maximum atomic E-state index is 12.4. The van der Waals surface area contributed by atoms with Gasteiger partial charge in [-0.1, -0.05) is 63.1 Å². The maximum absolute atomic E-state index is 12.4. The first-order valence-electron chi connectivity index (χ1n) is 14.1. The molecule has 2 N–H and O–H groups in total. The molecule has 4 rings (SSSR count). The molecule has 1 fully saturated rings. The van der Waals surface area contributed by atoms with Crippen LogP contribution in [0.4, 0.5) is 5.69 Å². The third-order valence-electron chi connectivity index (χ3n) is 6.99. The molecule has 3 aromatic rings. The Kier molecular flexibility index (Phi) is 10.8. The van der Waals surface area contributed by atoms with Crippen LogP contribution in [0.1, 0.15) is 86.6 Å². The minimum Gasteiger partial charge on any atom is -0.490 e. The molecule has 0 atom stereocenters. The van der Waals surface area contributed by atoms with Gasteiger partial charge in [0.05, 0.1) is 23.8 Å². The van der Waals surface area contributed by atoms with Gasteiger partial charge in [-0.15, -0.1) is 0 Å². The second kappa shape index (κ2) is 14.9. The molecule has 0 saturated heterocycles. The van der Waals surface area contributed by atoms with Gasteiger partial charge in [-0.25, -0.2) is 9.78 Å². The van der Waals surface area contributed by atoms with Crippen LogP contribution in [-0.2, 0) is 11.2 Å². The van der Waals surface area contributed by atoms with Gasteiger partial charge in [0.25, 0.3) is 0 Å². The van der Waals surface area contributed by atoms with Crippen LogP contribution in [0.5, 0.6) is 17.4 Å². The first kappa shape index (κ1) is 28.1. The van der Waals surface area contributed by atoms with Crippen molar-refractivity contribution in [3.05, 3.63) is 78.0 Å². The van der Waals surface area contributed by atoms with Gasteiger partial charge in [-0.2, -0.15) is 0 Å². The number of pyridine rings is 1. The highest BCUT2D eigenvalue weighted by molar-refractivity contribution is 6.00. The van der Waals surface area contributed by atoms with E-state index in [-0.39, 0.29) is 29.7 Å². The van der Waals surface area contributed by atoms with Crippen molar-refractivity contribution in [1.82, 2.24) is 4.98 Å². The molecule has 39 heavy (non-hydrogen) atoms. The molecule has 1 aliphatic carbocycles. The molecule has 0 unspecified atom stereocenters. The van der Waals surface area contributed by atoms with E-state index in [4.69, 9.17) is 9.47 Å². The Bertz CT molecular complexity index is 1180. The first-order valence-corrected chi connectivity index (χ1v) is 14.1. The summed E-state index contributed by atoms with van der Waals surface area (Å²) in [7, 11) is 0. The van der Waals surface area contributed by atoms with Gasteiger partial charge in [0.1, 0.15) is 11.5 Å². The van der Waals surface area contributed by atoms with E-state index in [0.717, 1.165) is 18.6 Å². The predicted molar refractivity (Wildman–Crippen MR) is 152 cm³/mol. The number of carbonyl (C=O) groups excluding carboxylic acids is 1. The third kappa shape index (κ3) is 9.43. The van der Waals surface area contributed by atoms with Gasteiger partial charge in [0.15, 0.2) is 0 Å². The number of aromatic carboxylic acids is 1. The Balaban J connectivity index is 1.26. The Morgan fingerprint density at radius 3 is 2.03 bits per heavy atom. The van der Waals surface area contributed by atoms with Gasteiger partial charge in [0.2, 0.25) is 11.8 Å². The zero-order chi connectivity index (χ0) is 27.3. The lowest BCUT2D eigenvalue weighted by Crippen LogP contribution is -2.16. The summed E-state index contributed by atoms with van der Waals surface area (Å²) in [5.74, 6) is 0.521. The van der Waals surface area contributed by atoms with Gasteiger partial charge < -0.3 is 19.9 Å². The molecule has 0 aliphatic heterocycles. The summed E-state index contributed by atoms with van der Waals surface area (Å²) < 4.78 is 12.2. The molecular weight excluding hydrogens is 492 g/mol. The molecule has 0 spiro atoms. The smallest absolute Gasteiger partial charge is 0.337 e. The number of benzene rings is 2. The minimum atomic E-state index is -1.09. The zero-order valence-electron chi connectivity index (χ0n) is 22.4. The van der Waals surface area contributed by atoms with Gasteiger partial charge in [0, 0.05) is 12.3 Å². The van der Waals surface area contributed by atoms with Crippen LogP contribution < -0.4 is 14.8 Å². The fourth-order valence-electron chi connectivity index (χ4n) is 4.88. The van der Waals surface area contributed by atoms with Crippen molar-refractivity contribution in [3.63, 3.8) is 0 Å². The molecule has 206 valence electrons. The number of aromatic nitrogens is 1. The second-order valence-corrected chi connectivity index (χ2v) is 10.2. The lowest BCUT2D eigenvalue weighted by molar-refractivity contribution is -0.115. The number of carboxylic acid groups (broad SMARTS) is 1. The zero-order valence-corrected chi connectivity index (χ0v) is 22.4. The summed E-state index contributed by atoms with van der Waals surface area (Å²) in [5.41, 5.74) is 1.00. The fraction of sp³-hybridized carbons (Fsp3) is 0.406. The van der Waals surface area contributed by atoms with Crippen LogP contribution in [0.15, 0.2) is 66.9 Å². The molecular formula is C32H38N2O5. The Morgan fingerprint density at radius 1 is 0.795 bits per heavy atom. The molecule has 7 nitrogen and oxygen atoms in total. The molecule has 2 aromatic carbocycles. The monoisotopic (exact) mass is 530 g/mol. The number of hydrogen-bond donors (Lipinski definition) is 2. The Labute approximate surface area is 230 Å². The van der Waals surface area contributed by atoms with Crippen molar-refractivity contribution in [3.8, 4) is 17.4 Å². The minimum absolute atomic E-state index is 0.0467. The van der Waals surface area contributed by atoms with Crippen molar-refractivity contribution in [2.45, 2.75) is 83.2 Å². The molecule has 1 aliphatic rings. The van der Waals surface area contributed by atoms with Crippen LogP contribution in [0.2, 0.25) is 0 Å². The highest BCUT2D eigenvalue weighted by Gasteiger charge is 2.13. The number of hydrogen-bond acceptors (Lipinski definition) is 5. The number of amides is 1. The average molecular weight is 531 g/mol.